The van der Waals surface area contributed by atoms with Crippen LogP contribution in [0, 0.1) is 10.1 Å². The molecule has 56 heavy (non-hydrogen) atoms. The van der Waals surface area contributed by atoms with Crippen molar-refractivity contribution in [1.29, 1.82) is 0 Å². The quantitative estimate of drug-likeness (QED) is 0.0337. The number of fused-ring (bicyclic) bond motifs is 2. The zero-order chi connectivity index (χ0) is 38.4. The fourth-order valence-electron chi connectivity index (χ4n) is 4.82. The van der Waals surface area contributed by atoms with E-state index in [9.17, 15) is 47.7 Å². The van der Waals surface area contributed by atoms with Gasteiger partial charge in [0.25, 0.3) is 15.8 Å². The Balaban J connectivity index is 0.000000394. The van der Waals surface area contributed by atoms with Crippen molar-refractivity contribution in [3.63, 3.8) is 0 Å². The number of anilines is 3. The Bertz CT molecular complexity index is 2480. The molecular formula is C35H25ClCrN6Na2O10S+2. The van der Waals surface area contributed by atoms with Crippen LogP contribution < -0.4 is 75.3 Å². The second-order valence-corrected chi connectivity index (χ2v) is 12.7. The second-order valence-electron chi connectivity index (χ2n) is 10.9. The number of hydrazone groups is 2. The van der Waals surface area contributed by atoms with Gasteiger partial charge in [0.15, 0.2) is 5.71 Å². The normalized spacial score (nSPS) is 13.9. The topological polar surface area (TPSA) is 250 Å². The van der Waals surface area contributed by atoms with Crippen molar-refractivity contribution in [2.75, 3.05) is 16.2 Å². The van der Waals surface area contributed by atoms with Gasteiger partial charge in [0, 0.05) is 51.3 Å². The van der Waals surface area contributed by atoms with E-state index in [1.54, 1.807) is 12.1 Å². The summed E-state index contributed by atoms with van der Waals surface area (Å²) in [5, 5.41) is 41.2. The predicted octanol–water partition coefficient (Wildman–Crippen LogP) is -0.219. The summed E-state index contributed by atoms with van der Waals surface area (Å²) in [6.07, 6.45) is 5.22. The van der Waals surface area contributed by atoms with Gasteiger partial charge in [-0.2, -0.15) is 18.6 Å². The fourth-order valence-corrected chi connectivity index (χ4v) is 5.65. The first kappa shape index (κ1) is 47.7. The predicted molar refractivity (Wildman–Crippen MR) is 199 cm³/mol. The first-order valence-electron chi connectivity index (χ1n) is 14.9. The second kappa shape index (κ2) is 20.7. The van der Waals surface area contributed by atoms with Crippen LogP contribution in [-0.2, 0) is 37.1 Å². The molecule has 0 saturated heterocycles. The molecule has 274 valence electrons. The van der Waals surface area contributed by atoms with Gasteiger partial charge in [-0.3, -0.25) is 39.9 Å². The molecule has 6 N–H and O–H groups in total. The molecule has 0 aliphatic heterocycles. The molecule has 2 aliphatic carbocycles. The van der Waals surface area contributed by atoms with Crippen molar-refractivity contribution < 1.29 is 119 Å². The summed E-state index contributed by atoms with van der Waals surface area (Å²) in [4.78, 5) is 45.7. The van der Waals surface area contributed by atoms with Crippen LogP contribution in [0.3, 0.4) is 0 Å². The molecule has 0 unspecified atom stereocenters. The molecule has 1 amide bonds. The molecule has 0 aromatic heterocycles. The van der Waals surface area contributed by atoms with Gasteiger partial charge in [-0.15, -0.1) is 0 Å². The third kappa shape index (κ3) is 11.6. The number of carbonyl (C=O) groups excluding carboxylic acids is 3. The molecule has 16 nitrogen and oxygen atoms in total. The van der Waals surface area contributed by atoms with Crippen molar-refractivity contribution in [2.45, 2.75) is 0 Å². The molecule has 0 spiro atoms. The average Bonchev–Trinajstić information content (AvgIpc) is 3.12. The Morgan fingerprint density at radius 3 is 2.11 bits per heavy atom. The van der Waals surface area contributed by atoms with Crippen molar-refractivity contribution >= 4 is 85.5 Å². The van der Waals surface area contributed by atoms with Crippen LogP contribution in [0.25, 0.3) is 12.2 Å². The van der Waals surface area contributed by atoms with Crippen LogP contribution in [0.15, 0.2) is 113 Å². The van der Waals surface area contributed by atoms with Gasteiger partial charge in [-0.25, -0.2) is 0 Å². The number of hydrogen-bond donors (Lipinski definition) is 6. The number of non-ortho nitro benzene ring substituents is 1. The molecule has 21 heteroatoms. The summed E-state index contributed by atoms with van der Waals surface area (Å²) in [6.45, 7) is 3.31. The van der Waals surface area contributed by atoms with E-state index < -0.39 is 48.8 Å². The van der Waals surface area contributed by atoms with E-state index in [2.05, 4.69) is 33.0 Å². The van der Waals surface area contributed by atoms with Gasteiger partial charge in [0.2, 0.25) is 17.5 Å². The number of amides is 1. The summed E-state index contributed by atoms with van der Waals surface area (Å²) in [7, 11) is -4.93. The number of phenols is 2. The zero-order valence-corrected chi connectivity index (χ0v) is 36.1. The minimum atomic E-state index is -4.93. The van der Waals surface area contributed by atoms with Gasteiger partial charge in [-0.1, -0.05) is 48.5 Å². The van der Waals surface area contributed by atoms with Crippen LogP contribution in [0.5, 0.6) is 11.5 Å². The number of aromatic hydroxyl groups is 2. The number of nitro groups is 1. The molecule has 0 saturated carbocycles. The third-order valence-electron chi connectivity index (χ3n) is 7.35. The number of Topliss-reactive ketones (excluding diaryl/α,β-unsaturated/α-hetero) is 1. The number of phenolic OH excluding ortho intramolecular Hbond substituents is 2. The Kier molecular flexibility index (Phi) is 17.6. The van der Waals surface area contributed by atoms with E-state index in [1.165, 1.54) is 36.4 Å². The number of benzene rings is 4. The number of carbonyl (C=O) groups is 3. The molecule has 0 heterocycles. The number of hydrogen-bond acceptors (Lipinski definition) is 13. The van der Waals surface area contributed by atoms with E-state index in [0.29, 0.717) is 16.4 Å². The molecule has 0 radical (unpaired) electrons. The fraction of sp³-hybridized carbons (Fsp3) is 0. The molecule has 0 atom stereocenters. The zero-order valence-electron chi connectivity index (χ0n) is 29.3. The van der Waals surface area contributed by atoms with Crippen LogP contribution in [0.2, 0.25) is 5.02 Å². The van der Waals surface area contributed by atoms with Gasteiger partial charge in [-0.05, 0) is 71.8 Å². The minimum Gasteiger partial charge on any atom is -0.506 e. The number of halogens is 1. The maximum absolute atomic E-state index is 12.9. The maximum atomic E-state index is 12.9. The number of nitrogens with one attached hydrogen (secondary N) is 3. The number of allylic oxidation sites excluding steroid dienone is 2. The summed E-state index contributed by atoms with van der Waals surface area (Å²) < 4.78 is 33.4. The molecule has 6 rings (SSSR count). The summed E-state index contributed by atoms with van der Waals surface area (Å²) in [5.74, 6) is -2.06. The summed E-state index contributed by atoms with van der Waals surface area (Å²) >= 11 is 5.87. The van der Waals surface area contributed by atoms with Crippen LogP contribution in [0.4, 0.5) is 22.7 Å². The maximum Gasteiger partial charge on any atom is 1.00 e. The molecule has 4 aromatic carbocycles. The van der Waals surface area contributed by atoms with Crippen molar-refractivity contribution in [3.8, 4) is 11.5 Å². The average molecular weight is 855 g/mol. The van der Waals surface area contributed by atoms with Gasteiger partial charge >= 0.3 is 59.1 Å². The Hall–Kier alpha value is -4.42. The Labute approximate surface area is 378 Å². The van der Waals surface area contributed by atoms with Gasteiger partial charge in [0.05, 0.1) is 10.6 Å². The standard InChI is InChI=1S/C19H14N4O8S.C16H11ClN2O2.Cr.2Na/c1-2-17(25)20-11-3-5-13-10(7-11)8-16(32(29,30)31)18(19(13)26)22-21-14-9-12(23(27)28)4-6-15(14)24;17-11-6-8-14(20)13(9-11)18-19-16-12-4-2-1-3-10(12)5-7-15(16)21;;;/h2-9,21,24H,1H2,(H,20,25)(H,29,30,31);1-9,18,20H;;;/q;;;2*+1/b22-18-;19-16-;;;. The molecule has 2 aliphatic rings. The van der Waals surface area contributed by atoms with E-state index in [4.69, 9.17) is 11.6 Å². The number of nitro benzene ring substituents is 1. The molecule has 4 aromatic rings. The summed E-state index contributed by atoms with van der Waals surface area (Å²) in [6, 6.07) is 19.0. The first-order chi connectivity index (χ1) is 25.2. The Morgan fingerprint density at radius 1 is 0.839 bits per heavy atom. The molecule has 0 fully saturated rings. The van der Waals surface area contributed by atoms with E-state index in [1.807, 2.05) is 24.3 Å². The van der Waals surface area contributed by atoms with Crippen molar-refractivity contribution in [3.05, 3.63) is 140 Å². The molecular weight excluding hydrogens is 830 g/mol. The van der Waals surface area contributed by atoms with E-state index in [-0.39, 0.29) is 111 Å². The third-order valence-corrected chi connectivity index (χ3v) is 8.45. The van der Waals surface area contributed by atoms with Crippen molar-refractivity contribution in [1.82, 2.24) is 0 Å². The number of rotatable bonds is 8. The Morgan fingerprint density at radius 2 is 1.46 bits per heavy atom. The van der Waals surface area contributed by atoms with Gasteiger partial charge < -0.3 is 15.5 Å². The van der Waals surface area contributed by atoms with E-state index >= 15 is 0 Å². The largest absolute Gasteiger partial charge is 1.00 e. The number of ketones is 2. The monoisotopic (exact) mass is 854 g/mol. The van der Waals surface area contributed by atoms with Crippen molar-refractivity contribution in [2.24, 2.45) is 10.2 Å². The van der Waals surface area contributed by atoms with Crippen LogP contribution in [-0.4, -0.2) is 57.0 Å². The number of nitrogens with zero attached hydrogens (tertiary/aromatic N) is 3. The van der Waals surface area contributed by atoms with Crippen LogP contribution >= 0.6 is 11.6 Å². The summed E-state index contributed by atoms with van der Waals surface area (Å²) in [5.41, 5.74) is 6.17. The smallest absolute Gasteiger partial charge is 0.506 e. The van der Waals surface area contributed by atoms with Crippen LogP contribution in [0.1, 0.15) is 27.0 Å². The van der Waals surface area contributed by atoms with Gasteiger partial charge in [0.1, 0.15) is 27.8 Å². The first-order valence-corrected chi connectivity index (χ1v) is 16.7. The minimum absolute atomic E-state index is 0. The molecule has 0 bridgehead atoms. The SMILES string of the molecule is C=CC(=O)Nc1ccc2c(c1)C=C(S(=O)(=O)O)/C(=N/Nc1cc([N+](=O)[O-])ccc1O)C2=O.O=C1C=Cc2ccccc2/C1=N/Nc1cc(Cl)ccc1O.[Cr].[Na+].[Na+]. The van der Waals surface area contributed by atoms with E-state index in [0.717, 1.165) is 41.5 Å².